The molecule has 0 bridgehead atoms. The van der Waals surface area contributed by atoms with E-state index in [1.165, 1.54) is 0 Å². The van der Waals surface area contributed by atoms with Crippen LogP contribution in [0.3, 0.4) is 0 Å². The third kappa shape index (κ3) is 2.05. The van der Waals surface area contributed by atoms with E-state index in [1.54, 1.807) is 0 Å². The number of carboxylic acid groups (broad SMARTS) is 1. The van der Waals surface area contributed by atoms with E-state index in [0.717, 1.165) is 0 Å². The minimum atomic E-state index is -1.16. The average molecular weight is 114 g/mol. The molecule has 0 saturated carbocycles. The third-order valence-corrected chi connectivity index (χ3v) is 0.505. The van der Waals surface area contributed by atoms with Gasteiger partial charge in [-0.05, 0) is 5.92 Å². The molecule has 0 heterocycles. The van der Waals surface area contributed by atoms with E-state index in [9.17, 15) is 4.79 Å². The minimum Gasteiger partial charge on any atom is -0.479 e. The summed E-state index contributed by atoms with van der Waals surface area (Å²) < 4.78 is 0. The van der Waals surface area contributed by atoms with Crippen LogP contribution in [0.5, 0.6) is 0 Å². The van der Waals surface area contributed by atoms with Gasteiger partial charge in [0.05, 0.1) is 0 Å². The molecule has 8 heavy (non-hydrogen) atoms. The number of hydrogen-bond donors (Lipinski definition) is 3. The summed E-state index contributed by atoms with van der Waals surface area (Å²) in [6.07, 6.45) is 0. The Morgan fingerprint density at radius 1 is 1.75 bits per heavy atom. The van der Waals surface area contributed by atoms with Crippen LogP contribution in [0.4, 0.5) is 0 Å². The van der Waals surface area contributed by atoms with Crippen LogP contribution in [-0.2, 0) is 4.79 Å². The predicted molar refractivity (Wildman–Crippen MR) is 27.6 cm³/mol. The largest absolute Gasteiger partial charge is 0.479 e. The molecular weight excluding hydrogens is 108 g/mol. The van der Waals surface area contributed by atoms with Crippen LogP contribution in [-0.4, -0.2) is 17.1 Å². The molecule has 0 fully saturated rings. The number of carbonyl (C=O) groups is 1. The fourth-order valence-corrected chi connectivity index (χ4v) is 0.152. The van der Waals surface area contributed by atoms with Gasteiger partial charge >= 0.3 is 5.97 Å². The zero-order valence-electron chi connectivity index (χ0n) is 4.09. The summed E-state index contributed by atoms with van der Waals surface area (Å²) in [6.45, 7) is 0. The van der Waals surface area contributed by atoms with Gasteiger partial charge in [0.2, 0.25) is 0 Å². The van der Waals surface area contributed by atoms with Gasteiger partial charge in [0.25, 0.3) is 0 Å². The normalized spacial score (nSPS) is 11.1. The van der Waals surface area contributed by atoms with Gasteiger partial charge in [-0.2, -0.15) is 0 Å². The molecule has 1 atom stereocenters. The molecule has 44 valence electrons. The van der Waals surface area contributed by atoms with Crippen LogP contribution >= 0.6 is 0 Å². The van der Waals surface area contributed by atoms with E-state index in [1.807, 2.05) is 6.04 Å². The van der Waals surface area contributed by atoms with Gasteiger partial charge in [-0.25, -0.2) is 4.79 Å². The molecule has 0 aromatic heterocycles. The first-order chi connectivity index (χ1) is 3.68. The molecule has 0 aromatic rings. The van der Waals surface area contributed by atoms with Crippen molar-refractivity contribution in [2.24, 2.45) is 11.5 Å². The van der Waals surface area contributed by atoms with Crippen LogP contribution in [0, 0.1) is 12.0 Å². The van der Waals surface area contributed by atoms with Gasteiger partial charge in [-0.15, -0.1) is 0 Å². The van der Waals surface area contributed by atoms with Gasteiger partial charge < -0.3 is 16.6 Å². The molecule has 0 aromatic carbocycles. The number of aliphatic carboxylic acids is 1. The Balaban J connectivity index is 3.77. The Bertz CT molecular complexity index is 144. The molecule has 5 N–H and O–H groups in total. The number of hydrogen-bond acceptors (Lipinski definition) is 3. The van der Waals surface area contributed by atoms with Crippen LogP contribution in [0.25, 0.3) is 0 Å². The van der Waals surface area contributed by atoms with Crippen molar-refractivity contribution >= 4 is 5.97 Å². The predicted octanol–water partition coefficient (Wildman–Crippen LogP) is -1.68. The molecule has 0 saturated heterocycles. The zero-order chi connectivity index (χ0) is 6.57. The summed E-state index contributed by atoms with van der Waals surface area (Å²) in [5.41, 5.74) is 9.54. The molecule has 0 spiro atoms. The summed E-state index contributed by atoms with van der Waals surface area (Å²) in [7, 11) is 0. The van der Waals surface area contributed by atoms with Crippen molar-refractivity contribution in [3.63, 3.8) is 0 Å². The lowest BCUT2D eigenvalue weighted by atomic mass is 10.3. The Morgan fingerprint density at radius 3 is 2.38 bits per heavy atom. The van der Waals surface area contributed by atoms with Crippen molar-refractivity contribution in [1.29, 1.82) is 0 Å². The van der Waals surface area contributed by atoms with Crippen molar-refractivity contribution in [3.05, 3.63) is 0 Å². The fraction of sp³-hybridized carbons (Fsp3) is 0.250. The van der Waals surface area contributed by atoms with Gasteiger partial charge in [0.15, 0.2) is 6.04 Å². The topological polar surface area (TPSA) is 89.3 Å². The summed E-state index contributed by atoms with van der Waals surface area (Å²) in [6, 6.07) is 0.740. The SMILES string of the molecule is NC#CC(N)C(=O)O. The molecule has 0 aliphatic heterocycles. The first-order valence-electron chi connectivity index (χ1n) is 1.88. The summed E-state index contributed by atoms with van der Waals surface area (Å²) >= 11 is 0. The van der Waals surface area contributed by atoms with E-state index in [0.29, 0.717) is 0 Å². The van der Waals surface area contributed by atoms with Gasteiger partial charge in [0, 0.05) is 6.04 Å². The fourth-order valence-electron chi connectivity index (χ4n) is 0.152. The minimum absolute atomic E-state index is 1.15. The van der Waals surface area contributed by atoms with Crippen molar-refractivity contribution in [2.75, 3.05) is 0 Å². The summed E-state index contributed by atoms with van der Waals surface area (Å²) in [4.78, 5) is 9.81. The number of rotatable bonds is 1. The van der Waals surface area contributed by atoms with E-state index in [2.05, 4.69) is 11.7 Å². The monoisotopic (exact) mass is 114 g/mol. The second-order valence-electron chi connectivity index (χ2n) is 1.10. The van der Waals surface area contributed by atoms with Crippen molar-refractivity contribution in [1.82, 2.24) is 0 Å². The van der Waals surface area contributed by atoms with Crippen molar-refractivity contribution in [3.8, 4) is 12.0 Å². The van der Waals surface area contributed by atoms with Gasteiger partial charge in [-0.1, -0.05) is 0 Å². The first-order valence-corrected chi connectivity index (χ1v) is 1.88. The molecule has 4 nitrogen and oxygen atoms in total. The highest BCUT2D eigenvalue weighted by atomic mass is 16.4. The average Bonchev–Trinajstić information content (AvgIpc) is 1.67. The Hall–Kier alpha value is -1.21. The maximum atomic E-state index is 9.81. The van der Waals surface area contributed by atoms with Crippen LogP contribution in [0.15, 0.2) is 0 Å². The molecule has 4 heteroatoms. The highest BCUT2D eigenvalue weighted by Gasteiger charge is 2.04. The van der Waals surface area contributed by atoms with Crippen LogP contribution < -0.4 is 11.5 Å². The lowest BCUT2D eigenvalue weighted by Gasteiger charge is -1.90. The Kier molecular flexibility index (Phi) is 2.45. The molecule has 0 rings (SSSR count). The molecule has 0 amide bonds. The molecule has 0 aliphatic rings. The van der Waals surface area contributed by atoms with Gasteiger partial charge in [0.1, 0.15) is 0 Å². The second-order valence-corrected chi connectivity index (χ2v) is 1.10. The quantitative estimate of drug-likeness (QED) is 0.280. The molecule has 0 aliphatic carbocycles. The lowest BCUT2D eigenvalue weighted by Crippen LogP contribution is -2.28. The number of nitrogens with two attached hydrogens (primary N) is 2. The highest BCUT2D eigenvalue weighted by Crippen LogP contribution is 1.70. The van der Waals surface area contributed by atoms with Crippen LogP contribution in [0.2, 0.25) is 0 Å². The van der Waals surface area contributed by atoms with Crippen molar-refractivity contribution < 1.29 is 9.90 Å². The highest BCUT2D eigenvalue weighted by molar-refractivity contribution is 5.76. The second kappa shape index (κ2) is 2.88. The lowest BCUT2D eigenvalue weighted by molar-refractivity contribution is -0.137. The van der Waals surface area contributed by atoms with E-state index in [4.69, 9.17) is 10.8 Å². The number of carboxylic acids is 1. The van der Waals surface area contributed by atoms with E-state index >= 15 is 0 Å². The standard InChI is InChI=1S/C4H6N2O2/c5-2-1-3(6)4(7)8/h3H,5-6H2,(H,7,8). The molecule has 1 unspecified atom stereocenters. The van der Waals surface area contributed by atoms with E-state index in [-0.39, 0.29) is 0 Å². The molecule has 0 radical (unpaired) electrons. The van der Waals surface area contributed by atoms with Gasteiger partial charge in [-0.3, -0.25) is 0 Å². The van der Waals surface area contributed by atoms with E-state index < -0.39 is 12.0 Å². The maximum absolute atomic E-state index is 9.81. The smallest absolute Gasteiger partial charge is 0.333 e. The van der Waals surface area contributed by atoms with Crippen molar-refractivity contribution in [2.45, 2.75) is 6.04 Å². The Labute approximate surface area is 46.5 Å². The molecular formula is C4H6N2O2. The Morgan fingerprint density at radius 2 is 2.25 bits per heavy atom. The summed E-state index contributed by atoms with van der Waals surface area (Å²) in [5, 5.41) is 8.03. The zero-order valence-corrected chi connectivity index (χ0v) is 4.09. The first kappa shape index (κ1) is 6.79. The maximum Gasteiger partial charge on any atom is 0.333 e. The third-order valence-electron chi connectivity index (χ3n) is 0.505. The van der Waals surface area contributed by atoms with Crippen LogP contribution in [0.1, 0.15) is 0 Å². The summed E-state index contributed by atoms with van der Waals surface area (Å²) in [5.74, 6) is 0.887.